The largest absolute Gasteiger partial charge is 0.493 e. The molecule has 6 rings (SSSR count). The van der Waals surface area contributed by atoms with Crippen LogP contribution >= 0.6 is 0 Å². The van der Waals surface area contributed by atoms with Gasteiger partial charge in [-0.1, -0.05) is 42.5 Å². The third kappa shape index (κ3) is 4.47. The minimum atomic E-state index is -2.65. The lowest BCUT2D eigenvalue weighted by atomic mass is 9.67. The van der Waals surface area contributed by atoms with Crippen LogP contribution in [-0.4, -0.2) is 56.1 Å². The average Bonchev–Trinajstić information content (AvgIpc) is 3.36. The number of likely N-dealkylation sites (tertiary alicyclic amines) is 1. The van der Waals surface area contributed by atoms with Crippen LogP contribution in [0.15, 0.2) is 48.5 Å². The Hall–Kier alpha value is -2.67. The zero-order chi connectivity index (χ0) is 26.3. The van der Waals surface area contributed by atoms with Crippen LogP contribution in [0, 0.1) is 11.8 Å². The molecule has 2 saturated heterocycles. The Balaban J connectivity index is 1.33. The van der Waals surface area contributed by atoms with Crippen molar-refractivity contribution in [2.24, 2.45) is 11.8 Å². The first-order chi connectivity index (χ1) is 18.4. The molecule has 1 N–H and O–H groups in total. The van der Waals surface area contributed by atoms with Crippen molar-refractivity contribution in [3.8, 4) is 11.5 Å². The van der Waals surface area contributed by atoms with E-state index in [-0.39, 0.29) is 42.5 Å². The summed E-state index contributed by atoms with van der Waals surface area (Å²) in [4.78, 5) is 16.5. The van der Waals surface area contributed by atoms with Gasteiger partial charge < -0.3 is 19.7 Å². The highest BCUT2D eigenvalue weighted by atomic mass is 19.3. The van der Waals surface area contributed by atoms with Gasteiger partial charge in [0, 0.05) is 49.5 Å². The van der Waals surface area contributed by atoms with E-state index < -0.39 is 11.3 Å². The molecule has 2 aromatic carbocycles. The van der Waals surface area contributed by atoms with E-state index in [0.29, 0.717) is 38.4 Å². The summed E-state index contributed by atoms with van der Waals surface area (Å²) in [6, 6.07) is 16.1. The number of methoxy groups -OCH3 is 1. The maximum atomic E-state index is 14.6. The Morgan fingerprint density at radius 3 is 2.74 bits per heavy atom. The number of ether oxygens (including phenoxy) is 2. The van der Waals surface area contributed by atoms with Crippen molar-refractivity contribution in [1.82, 2.24) is 10.2 Å². The number of hydrogen-bond acceptors (Lipinski definition) is 4. The number of amides is 1. The number of rotatable bonds is 4. The maximum Gasteiger partial charge on any atom is 0.248 e. The topological polar surface area (TPSA) is 50.8 Å². The number of nitrogens with one attached hydrogen (secondary N) is 1. The first-order valence-electron chi connectivity index (χ1n) is 14.2. The molecule has 0 bridgehead atoms. The van der Waals surface area contributed by atoms with Gasteiger partial charge in [-0.25, -0.2) is 8.78 Å². The summed E-state index contributed by atoms with van der Waals surface area (Å²) >= 11 is 0. The van der Waals surface area contributed by atoms with E-state index in [2.05, 4.69) is 23.5 Å². The molecule has 1 amide bonds. The molecule has 7 heteroatoms. The quantitative estimate of drug-likeness (QED) is 0.571. The molecule has 1 saturated carbocycles. The molecule has 1 spiro atoms. The summed E-state index contributed by atoms with van der Waals surface area (Å²) in [6.07, 6.45) is 3.46. The number of para-hydroxylation sites is 1. The van der Waals surface area contributed by atoms with Gasteiger partial charge in [-0.15, -0.1) is 0 Å². The molecular formula is C31H38F2N2O3. The Bertz CT molecular complexity index is 1160. The van der Waals surface area contributed by atoms with Crippen LogP contribution in [0.3, 0.4) is 0 Å². The van der Waals surface area contributed by atoms with Crippen LogP contribution in [0.5, 0.6) is 11.5 Å². The SMILES string of the molecule is COc1cccc2c1OCC[C@@]21CNC[C@@H]1C(=O)N1CC[C@H](c2ccccc2)C[C@@H]1C1CCCC(F)(F)C1. The second kappa shape index (κ2) is 10.1. The second-order valence-electron chi connectivity index (χ2n) is 11.7. The van der Waals surface area contributed by atoms with Gasteiger partial charge in [-0.05, 0) is 55.6 Å². The molecule has 4 aliphatic rings. The Labute approximate surface area is 223 Å². The number of halogens is 2. The van der Waals surface area contributed by atoms with E-state index in [1.807, 2.05) is 35.2 Å². The van der Waals surface area contributed by atoms with Crippen LogP contribution in [0.1, 0.15) is 62.0 Å². The van der Waals surface area contributed by atoms with E-state index in [1.165, 1.54) is 5.56 Å². The van der Waals surface area contributed by atoms with Gasteiger partial charge in [-0.3, -0.25) is 4.79 Å². The summed E-state index contributed by atoms with van der Waals surface area (Å²) in [5.74, 6) is -1.29. The van der Waals surface area contributed by atoms with Crippen LogP contribution in [-0.2, 0) is 10.2 Å². The highest BCUT2D eigenvalue weighted by Gasteiger charge is 2.54. The lowest BCUT2D eigenvalue weighted by Gasteiger charge is -2.48. The van der Waals surface area contributed by atoms with E-state index >= 15 is 0 Å². The smallest absolute Gasteiger partial charge is 0.248 e. The lowest BCUT2D eigenvalue weighted by Crippen LogP contribution is -2.56. The summed E-state index contributed by atoms with van der Waals surface area (Å²) in [5.41, 5.74) is 1.87. The number of carbonyl (C=O) groups excluding carboxylic acids is 1. The fraction of sp³-hybridized carbons (Fsp3) is 0.581. The molecule has 204 valence electrons. The summed E-state index contributed by atoms with van der Waals surface area (Å²) in [5, 5.41) is 3.51. The Morgan fingerprint density at radius 2 is 1.95 bits per heavy atom. The first-order valence-corrected chi connectivity index (χ1v) is 14.2. The van der Waals surface area contributed by atoms with Gasteiger partial charge in [-0.2, -0.15) is 0 Å². The molecule has 2 aromatic rings. The van der Waals surface area contributed by atoms with Crippen LogP contribution in [0.2, 0.25) is 0 Å². The molecule has 5 nitrogen and oxygen atoms in total. The van der Waals surface area contributed by atoms with Crippen molar-refractivity contribution in [2.45, 2.75) is 68.2 Å². The molecule has 38 heavy (non-hydrogen) atoms. The van der Waals surface area contributed by atoms with Gasteiger partial charge in [0.25, 0.3) is 0 Å². The first kappa shape index (κ1) is 25.6. The molecule has 1 unspecified atom stereocenters. The predicted octanol–water partition coefficient (Wildman–Crippen LogP) is 5.54. The fourth-order valence-corrected chi connectivity index (χ4v) is 7.80. The minimum Gasteiger partial charge on any atom is -0.493 e. The third-order valence-corrected chi connectivity index (χ3v) is 9.71. The normalized spacial score (nSPS) is 32.4. The number of benzene rings is 2. The van der Waals surface area contributed by atoms with E-state index in [4.69, 9.17) is 9.47 Å². The van der Waals surface area contributed by atoms with Gasteiger partial charge in [0.15, 0.2) is 11.5 Å². The zero-order valence-corrected chi connectivity index (χ0v) is 22.1. The fourth-order valence-electron chi connectivity index (χ4n) is 7.80. The van der Waals surface area contributed by atoms with Crippen molar-refractivity contribution in [1.29, 1.82) is 0 Å². The number of fused-ring (bicyclic) bond motifs is 2. The monoisotopic (exact) mass is 524 g/mol. The van der Waals surface area contributed by atoms with Gasteiger partial charge in [0.05, 0.1) is 19.6 Å². The zero-order valence-electron chi connectivity index (χ0n) is 22.1. The van der Waals surface area contributed by atoms with Crippen LogP contribution in [0.4, 0.5) is 8.78 Å². The summed E-state index contributed by atoms with van der Waals surface area (Å²) < 4.78 is 40.9. The number of carbonyl (C=O) groups is 1. The lowest BCUT2D eigenvalue weighted by molar-refractivity contribution is -0.145. The number of hydrogen-bond donors (Lipinski definition) is 1. The number of piperidine rings is 1. The molecule has 3 fully saturated rings. The molecule has 0 radical (unpaired) electrons. The summed E-state index contributed by atoms with van der Waals surface area (Å²) in [7, 11) is 1.64. The highest BCUT2D eigenvalue weighted by Crippen LogP contribution is 2.51. The molecule has 1 aliphatic carbocycles. The van der Waals surface area contributed by atoms with Crippen LogP contribution < -0.4 is 14.8 Å². The molecule has 0 aromatic heterocycles. The second-order valence-corrected chi connectivity index (χ2v) is 11.7. The average molecular weight is 525 g/mol. The molecule has 5 atom stereocenters. The van der Waals surface area contributed by atoms with E-state index in [1.54, 1.807) is 7.11 Å². The van der Waals surface area contributed by atoms with Crippen molar-refractivity contribution in [3.63, 3.8) is 0 Å². The van der Waals surface area contributed by atoms with Gasteiger partial charge in [0.1, 0.15) is 0 Å². The number of nitrogens with zero attached hydrogens (tertiary/aromatic N) is 1. The highest BCUT2D eigenvalue weighted by molar-refractivity contribution is 5.82. The van der Waals surface area contributed by atoms with E-state index in [0.717, 1.165) is 37.0 Å². The maximum absolute atomic E-state index is 14.6. The third-order valence-electron chi connectivity index (χ3n) is 9.71. The standard InChI is InChI=1S/C31H38F2N2O3/c1-37-27-11-5-10-24-28(27)38-16-14-30(24)20-34-19-25(30)29(36)35-15-12-22(21-7-3-2-4-8-21)17-26(35)23-9-6-13-31(32,33)18-23/h2-5,7-8,10-11,22-23,25-26,34H,6,9,12-20H2,1H3/t22-,23?,25+,26+,30+/m0/s1. The minimum absolute atomic E-state index is 0.0411. The molecule has 3 aliphatic heterocycles. The van der Waals surface area contributed by atoms with Gasteiger partial charge in [0.2, 0.25) is 11.8 Å². The van der Waals surface area contributed by atoms with E-state index in [9.17, 15) is 13.6 Å². The Kier molecular flexibility index (Phi) is 6.83. The van der Waals surface area contributed by atoms with Crippen molar-refractivity contribution < 1.29 is 23.0 Å². The van der Waals surface area contributed by atoms with Gasteiger partial charge >= 0.3 is 0 Å². The predicted molar refractivity (Wildman–Crippen MR) is 142 cm³/mol. The summed E-state index contributed by atoms with van der Waals surface area (Å²) in [6.45, 7) is 2.41. The van der Waals surface area contributed by atoms with Crippen LogP contribution in [0.25, 0.3) is 0 Å². The Morgan fingerprint density at radius 1 is 1.11 bits per heavy atom. The molecule has 3 heterocycles. The van der Waals surface area contributed by atoms with Crippen molar-refractivity contribution >= 4 is 5.91 Å². The molecular weight excluding hydrogens is 486 g/mol. The van der Waals surface area contributed by atoms with Crippen molar-refractivity contribution in [3.05, 3.63) is 59.7 Å². The number of alkyl halides is 2. The van der Waals surface area contributed by atoms with Crippen molar-refractivity contribution in [2.75, 3.05) is 33.4 Å².